The van der Waals surface area contributed by atoms with Crippen LogP contribution >= 0.6 is 0 Å². The third kappa shape index (κ3) is 2.53. The molecule has 1 nitrogen and oxygen atoms in total. The quantitative estimate of drug-likeness (QED) is 0.430. The summed E-state index contributed by atoms with van der Waals surface area (Å²) in [5.74, 6) is 0.832. The number of methoxy groups -OCH3 is 1. The minimum atomic E-state index is 0.832. The Kier molecular flexibility index (Phi) is 4.38. The van der Waals surface area contributed by atoms with Crippen LogP contribution in [0.5, 0.6) is 0 Å². The molecule has 0 saturated carbocycles. The number of hydrogen-bond acceptors (Lipinski definition) is 1. The van der Waals surface area contributed by atoms with Gasteiger partial charge in [-0.15, -0.1) is 0 Å². The molecule has 0 aliphatic rings. The molecular weight excluding hydrogens is 124 g/mol. The molecule has 0 N–H and O–H groups in total. The normalized spacial score (nSPS) is 13.1. The van der Waals surface area contributed by atoms with Crippen LogP contribution in [0.2, 0.25) is 0 Å². The lowest BCUT2D eigenvalue weighted by Gasteiger charge is -2.01. The summed E-state index contributed by atoms with van der Waals surface area (Å²) in [6, 6.07) is 0. The summed E-state index contributed by atoms with van der Waals surface area (Å²) >= 11 is 0. The van der Waals surface area contributed by atoms with E-state index in [0.717, 1.165) is 11.3 Å². The lowest BCUT2D eigenvalue weighted by molar-refractivity contribution is 0.304. The molecule has 0 spiro atoms. The van der Waals surface area contributed by atoms with E-state index in [1.807, 2.05) is 26.0 Å². The lowest BCUT2D eigenvalue weighted by atomic mass is 10.2. The van der Waals surface area contributed by atoms with Gasteiger partial charge in [-0.25, -0.2) is 0 Å². The minimum absolute atomic E-state index is 0.832. The molecule has 10 heavy (non-hydrogen) atoms. The Morgan fingerprint density at radius 1 is 1.50 bits per heavy atom. The molecule has 0 aliphatic carbocycles. The summed E-state index contributed by atoms with van der Waals surface area (Å²) in [4.78, 5) is 0. The molecular formula is C9H14O. The molecule has 0 rings (SSSR count). The van der Waals surface area contributed by atoms with Crippen LogP contribution in [0.4, 0.5) is 0 Å². The van der Waals surface area contributed by atoms with Crippen molar-refractivity contribution in [2.75, 3.05) is 7.11 Å². The molecule has 0 saturated heterocycles. The van der Waals surface area contributed by atoms with Crippen molar-refractivity contribution < 1.29 is 4.74 Å². The fourth-order valence-corrected chi connectivity index (χ4v) is 0.737. The monoisotopic (exact) mass is 138 g/mol. The van der Waals surface area contributed by atoms with Gasteiger partial charge in [-0.2, -0.15) is 0 Å². The Labute approximate surface area is 62.7 Å². The van der Waals surface area contributed by atoms with Crippen molar-refractivity contribution in [3.05, 3.63) is 36.1 Å². The van der Waals surface area contributed by atoms with Crippen molar-refractivity contribution in [3.63, 3.8) is 0 Å². The highest BCUT2D eigenvalue weighted by Gasteiger charge is 1.91. The van der Waals surface area contributed by atoms with E-state index in [1.54, 1.807) is 13.2 Å². The van der Waals surface area contributed by atoms with Crippen molar-refractivity contribution >= 4 is 0 Å². The topological polar surface area (TPSA) is 9.23 Å². The molecule has 0 unspecified atom stereocenters. The Morgan fingerprint density at radius 2 is 2.10 bits per heavy atom. The second-order valence-corrected chi connectivity index (χ2v) is 1.96. The van der Waals surface area contributed by atoms with Crippen LogP contribution in [0.3, 0.4) is 0 Å². The smallest absolute Gasteiger partial charge is 0.121 e. The van der Waals surface area contributed by atoms with Gasteiger partial charge in [-0.05, 0) is 25.5 Å². The predicted octanol–water partition coefficient (Wildman–Crippen LogP) is 2.67. The number of rotatable bonds is 3. The molecule has 0 heterocycles. The van der Waals surface area contributed by atoms with Crippen molar-refractivity contribution in [2.24, 2.45) is 0 Å². The van der Waals surface area contributed by atoms with E-state index in [-0.39, 0.29) is 0 Å². The molecule has 0 radical (unpaired) electrons. The van der Waals surface area contributed by atoms with Crippen LogP contribution in [0.25, 0.3) is 0 Å². The van der Waals surface area contributed by atoms with Gasteiger partial charge in [-0.1, -0.05) is 18.7 Å². The van der Waals surface area contributed by atoms with E-state index in [2.05, 4.69) is 6.58 Å². The van der Waals surface area contributed by atoms with Gasteiger partial charge in [0.2, 0.25) is 0 Å². The first-order valence-corrected chi connectivity index (χ1v) is 3.26. The molecule has 0 bridgehead atoms. The SMILES string of the molecule is C=CC(OC)=C(C)C=CC. The number of allylic oxidation sites excluding steroid dienone is 4. The van der Waals surface area contributed by atoms with Gasteiger partial charge in [0, 0.05) is 0 Å². The van der Waals surface area contributed by atoms with E-state index >= 15 is 0 Å². The number of ether oxygens (including phenoxy) is 1. The van der Waals surface area contributed by atoms with Crippen molar-refractivity contribution in [1.82, 2.24) is 0 Å². The van der Waals surface area contributed by atoms with E-state index < -0.39 is 0 Å². The zero-order valence-corrected chi connectivity index (χ0v) is 6.85. The highest BCUT2D eigenvalue weighted by molar-refractivity contribution is 5.25. The lowest BCUT2D eigenvalue weighted by Crippen LogP contribution is -1.84. The van der Waals surface area contributed by atoms with Gasteiger partial charge in [0.25, 0.3) is 0 Å². The third-order valence-electron chi connectivity index (χ3n) is 1.21. The van der Waals surface area contributed by atoms with Gasteiger partial charge in [0.1, 0.15) is 5.76 Å². The van der Waals surface area contributed by atoms with Crippen LogP contribution in [0.15, 0.2) is 36.1 Å². The maximum Gasteiger partial charge on any atom is 0.121 e. The fraction of sp³-hybridized carbons (Fsp3) is 0.333. The molecule has 0 aliphatic heterocycles. The first-order chi connectivity index (χ1) is 4.76. The molecule has 0 aromatic rings. The van der Waals surface area contributed by atoms with Crippen LogP contribution in [-0.2, 0) is 4.74 Å². The summed E-state index contributed by atoms with van der Waals surface area (Å²) in [6.07, 6.45) is 5.66. The fourth-order valence-electron chi connectivity index (χ4n) is 0.737. The Morgan fingerprint density at radius 3 is 2.40 bits per heavy atom. The molecule has 0 amide bonds. The Hall–Kier alpha value is -0.980. The molecule has 0 fully saturated rings. The summed E-state index contributed by atoms with van der Waals surface area (Å²) < 4.78 is 5.02. The largest absolute Gasteiger partial charge is 0.497 e. The first-order valence-electron chi connectivity index (χ1n) is 3.26. The van der Waals surface area contributed by atoms with Crippen molar-refractivity contribution in [2.45, 2.75) is 13.8 Å². The van der Waals surface area contributed by atoms with Gasteiger partial charge < -0.3 is 4.74 Å². The summed E-state index contributed by atoms with van der Waals surface area (Å²) in [5, 5.41) is 0. The standard InChI is InChI=1S/C9H14O/c1-5-7-8(3)9(6-2)10-4/h5-7H,2H2,1,3-4H3. The highest BCUT2D eigenvalue weighted by atomic mass is 16.5. The highest BCUT2D eigenvalue weighted by Crippen LogP contribution is 2.06. The second kappa shape index (κ2) is 4.86. The second-order valence-electron chi connectivity index (χ2n) is 1.96. The molecule has 56 valence electrons. The number of hydrogen-bond donors (Lipinski definition) is 0. The average Bonchev–Trinajstić information content (AvgIpc) is 1.91. The molecule has 0 atom stereocenters. The van der Waals surface area contributed by atoms with Gasteiger partial charge >= 0.3 is 0 Å². The summed E-state index contributed by atoms with van der Waals surface area (Å²) in [6.45, 7) is 7.58. The zero-order valence-electron chi connectivity index (χ0n) is 6.85. The van der Waals surface area contributed by atoms with E-state index in [1.165, 1.54) is 0 Å². The summed E-state index contributed by atoms with van der Waals surface area (Å²) in [7, 11) is 1.64. The van der Waals surface area contributed by atoms with E-state index in [0.29, 0.717) is 0 Å². The van der Waals surface area contributed by atoms with Crippen molar-refractivity contribution in [1.29, 1.82) is 0 Å². The zero-order chi connectivity index (χ0) is 7.98. The van der Waals surface area contributed by atoms with Crippen LogP contribution in [0, 0.1) is 0 Å². The summed E-state index contributed by atoms with van der Waals surface area (Å²) in [5.41, 5.74) is 1.10. The Bertz CT molecular complexity index is 164. The Balaban J connectivity index is 4.42. The molecule has 0 aromatic heterocycles. The third-order valence-corrected chi connectivity index (χ3v) is 1.21. The van der Waals surface area contributed by atoms with E-state index in [4.69, 9.17) is 4.74 Å². The van der Waals surface area contributed by atoms with Gasteiger partial charge in [0.05, 0.1) is 7.11 Å². The van der Waals surface area contributed by atoms with Gasteiger partial charge in [0.15, 0.2) is 0 Å². The van der Waals surface area contributed by atoms with Crippen LogP contribution in [0.1, 0.15) is 13.8 Å². The van der Waals surface area contributed by atoms with E-state index in [9.17, 15) is 0 Å². The van der Waals surface area contributed by atoms with Crippen LogP contribution < -0.4 is 0 Å². The van der Waals surface area contributed by atoms with Gasteiger partial charge in [-0.3, -0.25) is 0 Å². The maximum atomic E-state index is 5.02. The maximum absolute atomic E-state index is 5.02. The predicted molar refractivity (Wildman–Crippen MR) is 44.7 cm³/mol. The van der Waals surface area contributed by atoms with Crippen molar-refractivity contribution in [3.8, 4) is 0 Å². The minimum Gasteiger partial charge on any atom is -0.497 e. The first kappa shape index (κ1) is 9.02. The average molecular weight is 138 g/mol. The molecule has 0 aromatic carbocycles. The molecule has 1 heteroatoms. The van der Waals surface area contributed by atoms with Crippen LogP contribution in [-0.4, -0.2) is 7.11 Å².